The van der Waals surface area contributed by atoms with Crippen LogP contribution in [0.3, 0.4) is 0 Å². The van der Waals surface area contributed by atoms with Crippen LogP contribution in [0.4, 0.5) is 0 Å². The molecule has 3 nitrogen and oxygen atoms in total. The van der Waals surface area contributed by atoms with E-state index in [0.717, 1.165) is 24.0 Å². The molecule has 0 saturated heterocycles. The molecule has 2 aromatic rings. The van der Waals surface area contributed by atoms with E-state index in [4.69, 9.17) is 4.74 Å². The summed E-state index contributed by atoms with van der Waals surface area (Å²) in [7, 11) is 0. The second-order valence-corrected chi connectivity index (χ2v) is 7.25. The minimum atomic E-state index is -0.520. The maximum Gasteiger partial charge on any atom is 0.320 e. The molecule has 2 aliphatic carbocycles. The lowest BCUT2D eigenvalue weighted by Crippen LogP contribution is -2.24. The smallest absolute Gasteiger partial charge is 0.320 e. The molecule has 0 bridgehead atoms. The molecule has 0 aliphatic heterocycles. The van der Waals surface area contributed by atoms with E-state index in [1.807, 2.05) is 67.6 Å². The van der Waals surface area contributed by atoms with Crippen molar-refractivity contribution in [3.8, 4) is 0 Å². The molecular weight excluding hydrogens is 312 g/mol. The van der Waals surface area contributed by atoms with Gasteiger partial charge in [-0.25, -0.2) is 0 Å². The minimum Gasteiger partial charge on any atom is -0.392 e. The lowest BCUT2D eigenvalue weighted by Gasteiger charge is -2.13. The maximum atomic E-state index is 12.7. The Kier molecular flexibility index (Phi) is 3.95. The largest absolute Gasteiger partial charge is 0.392 e. The maximum absolute atomic E-state index is 12.7. The van der Waals surface area contributed by atoms with E-state index in [-0.39, 0.29) is 29.7 Å². The second kappa shape index (κ2) is 6.14. The summed E-state index contributed by atoms with van der Waals surface area (Å²) in [6.07, 6.45) is 2.25. The highest BCUT2D eigenvalue weighted by Crippen LogP contribution is 2.62. The van der Waals surface area contributed by atoms with E-state index in [9.17, 15) is 9.59 Å². The fourth-order valence-corrected chi connectivity index (χ4v) is 3.98. The van der Waals surface area contributed by atoms with Gasteiger partial charge in [-0.05, 0) is 36.3 Å². The van der Waals surface area contributed by atoms with Gasteiger partial charge >= 0.3 is 11.9 Å². The highest BCUT2D eigenvalue weighted by Gasteiger charge is 2.61. The van der Waals surface area contributed by atoms with Crippen LogP contribution in [-0.4, -0.2) is 11.9 Å². The van der Waals surface area contributed by atoms with Gasteiger partial charge in [-0.1, -0.05) is 67.6 Å². The second-order valence-electron chi connectivity index (χ2n) is 7.25. The SMILES string of the molecule is CCC1(C(=O)OC(=O)C2CC2c2ccccc2)CC1c1ccccc1. The molecule has 4 atom stereocenters. The van der Waals surface area contributed by atoms with Gasteiger partial charge in [-0.2, -0.15) is 0 Å². The first-order valence-electron chi connectivity index (χ1n) is 9.01. The van der Waals surface area contributed by atoms with Crippen LogP contribution in [0.2, 0.25) is 0 Å². The van der Waals surface area contributed by atoms with Crippen LogP contribution in [0.25, 0.3) is 0 Å². The molecule has 2 fully saturated rings. The molecule has 2 aliphatic rings. The fourth-order valence-electron chi connectivity index (χ4n) is 3.98. The van der Waals surface area contributed by atoms with Crippen molar-refractivity contribution in [1.29, 1.82) is 0 Å². The summed E-state index contributed by atoms with van der Waals surface area (Å²) in [5.41, 5.74) is 1.78. The highest BCUT2D eigenvalue weighted by atomic mass is 16.6. The van der Waals surface area contributed by atoms with Gasteiger partial charge in [0.25, 0.3) is 0 Å². The normalized spacial score (nSPS) is 29.7. The number of benzene rings is 2. The number of hydrogen-bond acceptors (Lipinski definition) is 3. The van der Waals surface area contributed by atoms with Gasteiger partial charge < -0.3 is 4.74 Å². The highest BCUT2D eigenvalue weighted by molar-refractivity contribution is 5.93. The average molecular weight is 334 g/mol. The Balaban J connectivity index is 1.40. The zero-order valence-corrected chi connectivity index (χ0v) is 14.4. The van der Waals surface area contributed by atoms with Crippen molar-refractivity contribution >= 4 is 11.9 Å². The summed E-state index contributed by atoms with van der Waals surface area (Å²) in [5.74, 6) is -0.501. The van der Waals surface area contributed by atoms with E-state index < -0.39 is 5.41 Å². The lowest BCUT2D eigenvalue weighted by molar-refractivity contribution is -0.165. The Bertz CT molecular complexity index is 783. The van der Waals surface area contributed by atoms with Gasteiger partial charge in [-0.3, -0.25) is 9.59 Å². The predicted octanol–water partition coefficient (Wildman–Crippen LogP) is 4.44. The van der Waals surface area contributed by atoms with Crippen molar-refractivity contribution in [2.24, 2.45) is 11.3 Å². The van der Waals surface area contributed by atoms with Crippen molar-refractivity contribution in [2.75, 3.05) is 0 Å². The van der Waals surface area contributed by atoms with Crippen LogP contribution >= 0.6 is 0 Å². The quantitative estimate of drug-likeness (QED) is 0.599. The third-order valence-electron chi connectivity index (χ3n) is 5.83. The van der Waals surface area contributed by atoms with Crippen molar-refractivity contribution in [3.05, 3.63) is 71.8 Å². The third kappa shape index (κ3) is 2.88. The lowest BCUT2D eigenvalue weighted by atomic mass is 9.96. The number of carbonyl (C=O) groups excluding carboxylic acids is 2. The Morgan fingerprint density at radius 2 is 1.60 bits per heavy atom. The van der Waals surface area contributed by atoms with Crippen LogP contribution in [0.15, 0.2) is 60.7 Å². The molecule has 0 N–H and O–H groups in total. The molecule has 25 heavy (non-hydrogen) atoms. The van der Waals surface area contributed by atoms with Crippen LogP contribution in [0.1, 0.15) is 49.1 Å². The zero-order chi connectivity index (χ0) is 17.4. The van der Waals surface area contributed by atoms with Crippen LogP contribution in [0, 0.1) is 11.3 Å². The van der Waals surface area contributed by atoms with Gasteiger partial charge in [0.05, 0.1) is 11.3 Å². The molecular formula is C22H22O3. The summed E-state index contributed by atoms with van der Waals surface area (Å²) in [5, 5.41) is 0. The number of esters is 2. The summed E-state index contributed by atoms with van der Waals surface area (Å²) in [4.78, 5) is 25.1. The van der Waals surface area contributed by atoms with Crippen LogP contribution < -0.4 is 0 Å². The average Bonchev–Trinajstić information content (AvgIpc) is 3.56. The Morgan fingerprint density at radius 1 is 1.00 bits per heavy atom. The molecule has 2 aromatic carbocycles. The van der Waals surface area contributed by atoms with E-state index >= 15 is 0 Å². The molecule has 0 radical (unpaired) electrons. The topological polar surface area (TPSA) is 43.4 Å². The van der Waals surface area contributed by atoms with E-state index in [0.29, 0.717) is 6.42 Å². The first-order chi connectivity index (χ1) is 12.2. The van der Waals surface area contributed by atoms with E-state index in [1.165, 1.54) is 0 Å². The number of ether oxygens (including phenoxy) is 1. The van der Waals surface area contributed by atoms with Crippen molar-refractivity contribution in [3.63, 3.8) is 0 Å². The van der Waals surface area contributed by atoms with Gasteiger partial charge in [0, 0.05) is 5.92 Å². The van der Waals surface area contributed by atoms with Gasteiger partial charge in [0.1, 0.15) is 0 Å². The monoisotopic (exact) mass is 334 g/mol. The van der Waals surface area contributed by atoms with Crippen molar-refractivity contribution in [2.45, 2.75) is 38.0 Å². The zero-order valence-electron chi connectivity index (χ0n) is 14.4. The van der Waals surface area contributed by atoms with Gasteiger partial charge in [0.15, 0.2) is 0 Å². The number of hydrogen-bond donors (Lipinski definition) is 0. The summed E-state index contributed by atoms with van der Waals surface area (Å²) in [6, 6.07) is 20.0. The Labute approximate surface area is 148 Å². The molecule has 128 valence electrons. The predicted molar refractivity (Wildman–Crippen MR) is 94.9 cm³/mol. The molecule has 0 aromatic heterocycles. The first-order valence-corrected chi connectivity index (χ1v) is 9.01. The standard InChI is InChI=1S/C22H22O3/c1-2-22(14-19(22)16-11-7-4-8-12-16)21(24)25-20(23)18-13-17(18)15-9-5-3-6-10-15/h3-12,17-19H,2,13-14H2,1H3. The fraction of sp³-hybridized carbons (Fsp3) is 0.364. The van der Waals surface area contributed by atoms with Gasteiger partial charge in [-0.15, -0.1) is 0 Å². The number of rotatable bonds is 5. The molecule has 3 heteroatoms. The summed E-state index contributed by atoms with van der Waals surface area (Å²) >= 11 is 0. The van der Waals surface area contributed by atoms with E-state index in [2.05, 4.69) is 0 Å². The van der Waals surface area contributed by atoms with Gasteiger partial charge in [0.2, 0.25) is 0 Å². The molecule has 0 amide bonds. The first kappa shape index (κ1) is 16.1. The molecule has 4 rings (SSSR count). The Morgan fingerprint density at radius 3 is 2.20 bits per heavy atom. The van der Waals surface area contributed by atoms with Crippen molar-refractivity contribution in [1.82, 2.24) is 0 Å². The molecule has 0 heterocycles. The molecule has 4 unspecified atom stereocenters. The summed E-state index contributed by atoms with van der Waals surface area (Å²) in [6.45, 7) is 2.00. The third-order valence-corrected chi connectivity index (χ3v) is 5.83. The van der Waals surface area contributed by atoms with Crippen molar-refractivity contribution < 1.29 is 14.3 Å². The minimum absolute atomic E-state index is 0.170. The van der Waals surface area contributed by atoms with E-state index in [1.54, 1.807) is 0 Å². The van der Waals surface area contributed by atoms with Crippen LogP contribution in [-0.2, 0) is 14.3 Å². The molecule has 0 spiro atoms. The number of carbonyl (C=O) groups is 2. The Hall–Kier alpha value is -2.42. The van der Waals surface area contributed by atoms with Crippen LogP contribution in [0.5, 0.6) is 0 Å². The summed E-state index contributed by atoms with van der Waals surface area (Å²) < 4.78 is 5.32. The molecule has 2 saturated carbocycles.